The summed E-state index contributed by atoms with van der Waals surface area (Å²) in [7, 11) is 0. The van der Waals surface area contributed by atoms with Gasteiger partial charge in [0, 0.05) is 44.1 Å². The standard InChI is InChI=1S/C21H28N4O.3ClH/c22-20-11-5-4-10-19(20)21(26)23-12-6-7-13-24-14-16-25(17-15-24)18-8-2-1-3-9-18;;;/h1-5,8-11H,6-7,12-17,22H2,(H,23,26);3*1H. The first-order chi connectivity index (χ1) is 12.7. The van der Waals surface area contributed by atoms with Gasteiger partial charge in [0.1, 0.15) is 0 Å². The molecule has 0 aliphatic carbocycles. The second-order valence-electron chi connectivity index (χ2n) is 6.71. The van der Waals surface area contributed by atoms with E-state index in [1.165, 1.54) is 5.69 Å². The van der Waals surface area contributed by atoms with Crippen LogP contribution in [0.2, 0.25) is 0 Å². The molecule has 0 atom stereocenters. The molecule has 0 bridgehead atoms. The lowest BCUT2D eigenvalue weighted by atomic mass is 10.1. The van der Waals surface area contributed by atoms with Crippen LogP contribution in [0.15, 0.2) is 54.6 Å². The normalized spacial score (nSPS) is 13.4. The monoisotopic (exact) mass is 460 g/mol. The number of para-hydroxylation sites is 2. The molecule has 3 rings (SSSR count). The van der Waals surface area contributed by atoms with Crippen molar-refractivity contribution in [3.63, 3.8) is 0 Å². The van der Waals surface area contributed by atoms with Gasteiger partial charge >= 0.3 is 0 Å². The van der Waals surface area contributed by atoms with Gasteiger partial charge in [0.2, 0.25) is 0 Å². The summed E-state index contributed by atoms with van der Waals surface area (Å²) in [5.74, 6) is -0.0837. The number of halogens is 3. The maximum absolute atomic E-state index is 12.1. The molecule has 2 aromatic carbocycles. The van der Waals surface area contributed by atoms with Crippen molar-refractivity contribution >= 4 is 54.5 Å². The Morgan fingerprint density at radius 3 is 2.14 bits per heavy atom. The van der Waals surface area contributed by atoms with E-state index in [-0.39, 0.29) is 43.1 Å². The van der Waals surface area contributed by atoms with Crippen molar-refractivity contribution < 1.29 is 4.79 Å². The van der Waals surface area contributed by atoms with Crippen LogP contribution >= 0.6 is 37.2 Å². The molecule has 0 radical (unpaired) electrons. The highest BCUT2D eigenvalue weighted by molar-refractivity contribution is 5.99. The third-order valence-corrected chi connectivity index (χ3v) is 4.89. The van der Waals surface area contributed by atoms with Crippen LogP contribution < -0.4 is 16.0 Å². The molecule has 0 unspecified atom stereocenters. The number of hydrogen-bond donors (Lipinski definition) is 2. The van der Waals surface area contributed by atoms with Crippen molar-refractivity contribution in [3.05, 3.63) is 60.2 Å². The number of amides is 1. The Labute approximate surface area is 192 Å². The molecule has 5 nitrogen and oxygen atoms in total. The smallest absolute Gasteiger partial charge is 0.253 e. The minimum atomic E-state index is -0.0837. The number of nitrogen functional groups attached to an aromatic ring is 1. The molecule has 8 heteroatoms. The SMILES string of the molecule is Cl.Cl.Cl.Nc1ccccc1C(=O)NCCCCN1CCN(c2ccccc2)CC1. The van der Waals surface area contributed by atoms with E-state index in [4.69, 9.17) is 5.73 Å². The van der Waals surface area contributed by atoms with Crippen LogP contribution in [0.4, 0.5) is 11.4 Å². The van der Waals surface area contributed by atoms with Crippen LogP contribution in [0.3, 0.4) is 0 Å². The molecule has 0 aromatic heterocycles. The van der Waals surface area contributed by atoms with Crippen molar-refractivity contribution in [2.24, 2.45) is 0 Å². The molecule has 1 heterocycles. The van der Waals surface area contributed by atoms with E-state index in [1.807, 2.05) is 12.1 Å². The zero-order valence-corrected chi connectivity index (χ0v) is 18.9. The zero-order valence-electron chi connectivity index (χ0n) is 16.5. The average molecular weight is 462 g/mol. The summed E-state index contributed by atoms with van der Waals surface area (Å²) in [6.07, 6.45) is 2.08. The number of nitrogens with one attached hydrogen (secondary N) is 1. The summed E-state index contributed by atoms with van der Waals surface area (Å²) in [5.41, 5.74) is 8.23. The summed E-state index contributed by atoms with van der Waals surface area (Å²) in [6.45, 7) is 6.13. The van der Waals surface area contributed by atoms with Gasteiger partial charge in [-0.25, -0.2) is 0 Å². The first-order valence-corrected chi connectivity index (χ1v) is 9.39. The number of nitrogens with zero attached hydrogens (tertiary/aromatic N) is 2. The third kappa shape index (κ3) is 8.31. The number of carbonyl (C=O) groups is 1. The summed E-state index contributed by atoms with van der Waals surface area (Å²) in [4.78, 5) is 17.0. The molecular formula is C21H31Cl3N4O. The van der Waals surface area contributed by atoms with E-state index in [9.17, 15) is 4.79 Å². The Kier molecular flexibility index (Phi) is 13.5. The molecule has 2 aromatic rings. The largest absolute Gasteiger partial charge is 0.398 e. The molecule has 3 N–H and O–H groups in total. The van der Waals surface area contributed by atoms with E-state index >= 15 is 0 Å². The van der Waals surface area contributed by atoms with Crippen LogP contribution in [0.25, 0.3) is 0 Å². The summed E-state index contributed by atoms with van der Waals surface area (Å²) in [5, 5.41) is 2.96. The molecule has 1 aliphatic heterocycles. The molecule has 29 heavy (non-hydrogen) atoms. The van der Waals surface area contributed by atoms with Crippen LogP contribution in [-0.2, 0) is 0 Å². The molecule has 0 saturated carbocycles. The van der Waals surface area contributed by atoms with E-state index in [0.717, 1.165) is 45.6 Å². The number of piperazine rings is 1. The number of nitrogens with two attached hydrogens (primary N) is 1. The lowest BCUT2D eigenvalue weighted by Crippen LogP contribution is -2.46. The van der Waals surface area contributed by atoms with Crippen molar-refractivity contribution in [2.45, 2.75) is 12.8 Å². The molecule has 0 spiro atoms. The average Bonchev–Trinajstić information content (AvgIpc) is 2.69. The molecule has 1 aliphatic rings. The highest BCUT2D eigenvalue weighted by atomic mass is 35.5. The number of hydrogen-bond acceptors (Lipinski definition) is 4. The van der Waals surface area contributed by atoms with Gasteiger partial charge in [-0.1, -0.05) is 30.3 Å². The number of anilines is 2. The van der Waals surface area contributed by atoms with Crippen LogP contribution in [0, 0.1) is 0 Å². The summed E-state index contributed by atoms with van der Waals surface area (Å²) < 4.78 is 0. The van der Waals surface area contributed by atoms with Crippen LogP contribution in [0.5, 0.6) is 0 Å². The quantitative estimate of drug-likeness (QED) is 0.485. The van der Waals surface area contributed by atoms with Gasteiger partial charge in [-0.2, -0.15) is 0 Å². The second kappa shape index (κ2) is 14.3. The lowest BCUT2D eigenvalue weighted by Gasteiger charge is -2.36. The highest BCUT2D eigenvalue weighted by Crippen LogP contribution is 2.15. The molecule has 1 amide bonds. The lowest BCUT2D eigenvalue weighted by molar-refractivity contribution is 0.0953. The van der Waals surface area contributed by atoms with E-state index in [1.54, 1.807) is 12.1 Å². The Morgan fingerprint density at radius 2 is 1.48 bits per heavy atom. The fourth-order valence-corrected chi connectivity index (χ4v) is 3.33. The number of benzene rings is 2. The minimum absolute atomic E-state index is 0. The van der Waals surface area contributed by atoms with Gasteiger partial charge in [0.05, 0.1) is 5.56 Å². The third-order valence-electron chi connectivity index (χ3n) is 4.89. The molecule has 1 fully saturated rings. The van der Waals surface area contributed by atoms with Crippen molar-refractivity contribution in [2.75, 3.05) is 49.9 Å². The predicted octanol–water partition coefficient (Wildman–Crippen LogP) is 3.87. The van der Waals surface area contributed by atoms with Crippen LogP contribution in [-0.4, -0.2) is 50.1 Å². The zero-order chi connectivity index (χ0) is 18.2. The first kappa shape index (κ1) is 27.3. The summed E-state index contributed by atoms with van der Waals surface area (Å²) >= 11 is 0. The maximum Gasteiger partial charge on any atom is 0.253 e. The Bertz CT molecular complexity index is 710. The van der Waals surface area contributed by atoms with Crippen molar-refractivity contribution in [3.8, 4) is 0 Å². The highest BCUT2D eigenvalue weighted by Gasteiger charge is 2.16. The van der Waals surface area contributed by atoms with E-state index in [0.29, 0.717) is 17.8 Å². The Balaban J connectivity index is 0.00000261. The van der Waals surface area contributed by atoms with Gasteiger partial charge in [-0.3, -0.25) is 9.69 Å². The number of carbonyl (C=O) groups excluding carboxylic acids is 1. The van der Waals surface area contributed by atoms with E-state index < -0.39 is 0 Å². The first-order valence-electron chi connectivity index (χ1n) is 9.39. The van der Waals surface area contributed by atoms with Crippen LogP contribution in [0.1, 0.15) is 23.2 Å². The molecular weight excluding hydrogens is 431 g/mol. The van der Waals surface area contributed by atoms with Gasteiger partial charge in [-0.05, 0) is 43.7 Å². The number of unbranched alkanes of at least 4 members (excludes halogenated alkanes) is 1. The Hall–Kier alpha value is -1.66. The van der Waals surface area contributed by atoms with Gasteiger partial charge in [-0.15, -0.1) is 37.2 Å². The van der Waals surface area contributed by atoms with Gasteiger partial charge < -0.3 is 16.0 Å². The Morgan fingerprint density at radius 1 is 0.862 bits per heavy atom. The predicted molar refractivity (Wildman–Crippen MR) is 129 cm³/mol. The maximum atomic E-state index is 12.1. The van der Waals surface area contributed by atoms with Crippen molar-refractivity contribution in [1.29, 1.82) is 0 Å². The van der Waals surface area contributed by atoms with E-state index in [2.05, 4.69) is 45.4 Å². The van der Waals surface area contributed by atoms with Crippen molar-refractivity contribution in [1.82, 2.24) is 10.2 Å². The van der Waals surface area contributed by atoms with Gasteiger partial charge in [0.15, 0.2) is 0 Å². The minimum Gasteiger partial charge on any atom is -0.398 e. The van der Waals surface area contributed by atoms with Gasteiger partial charge in [0.25, 0.3) is 5.91 Å². The second-order valence-corrected chi connectivity index (χ2v) is 6.71. The fraction of sp³-hybridized carbons (Fsp3) is 0.381. The molecule has 162 valence electrons. The topological polar surface area (TPSA) is 61.6 Å². The number of rotatable bonds is 7. The fourth-order valence-electron chi connectivity index (χ4n) is 3.33. The molecule has 1 saturated heterocycles. The summed E-state index contributed by atoms with van der Waals surface area (Å²) in [6, 6.07) is 17.8.